The van der Waals surface area contributed by atoms with Gasteiger partial charge in [-0.25, -0.2) is 9.18 Å². The normalized spacial score (nSPS) is 10.6. The number of aryl methyl sites for hydroxylation is 2. The summed E-state index contributed by atoms with van der Waals surface area (Å²) < 4.78 is 13.6. The first kappa shape index (κ1) is 18.6. The lowest BCUT2D eigenvalue weighted by Gasteiger charge is -2.16. The number of urea groups is 1. The Hall–Kier alpha value is -2.73. The van der Waals surface area contributed by atoms with Crippen LogP contribution in [0.15, 0.2) is 42.5 Å². The van der Waals surface area contributed by atoms with Crippen molar-refractivity contribution >= 4 is 17.6 Å². The molecule has 2 aromatic carbocycles. The summed E-state index contributed by atoms with van der Waals surface area (Å²) in [5.41, 5.74) is 3.15. The minimum Gasteiger partial charge on any atom is -0.307 e. The lowest BCUT2D eigenvalue weighted by Crippen LogP contribution is -2.40. The van der Waals surface area contributed by atoms with Gasteiger partial charge in [-0.15, -0.1) is 0 Å². The van der Waals surface area contributed by atoms with E-state index in [1.807, 2.05) is 26.0 Å². The van der Waals surface area contributed by atoms with Crippen LogP contribution in [0.2, 0.25) is 0 Å². The van der Waals surface area contributed by atoms with Crippen molar-refractivity contribution in [3.63, 3.8) is 0 Å². The van der Waals surface area contributed by atoms with Gasteiger partial charge in [-0.2, -0.15) is 0 Å². The van der Waals surface area contributed by atoms with Crippen LogP contribution in [-0.2, 0) is 11.3 Å². The Bertz CT molecular complexity index is 777. The van der Waals surface area contributed by atoms with Gasteiger partial charge in [0.05, 0.1) is 6.54 Å². The first-order valence-corrected chi connectivity index (χ1v) is 7.95. The molecule has 25 heavy (non-hydrogen) atoms. The van der Waals surface area contributed by atoms with Gasteiger partial charge in [0.25, 0.3) is 0 Å². The van der Waals surface area contributed by atoms with Gasteiger partial charge in [0, 0.05) is 17.8 Å². The molecule has 0 aromatic heterocycles. The van der Waals surface area contributed by atoms with Gasteiger partial charge in [-0.3, -0.25) is 15.0 Å². The molecular weight excluding hydrogens is 321 g/mol. The fourth-order valence-electron chi connectivity index (χ4n) is 2.49. The maximum Gasteiger partial charge on any atom is 0.325 e. The van der Waals surface area contributed by atoms with Gasteiger partial charge >= 0.3 is 6.03 Å². The highest BCUT2D eigenvalue weighted by Crippen LogP contribution is 2.15. The smallest absolute Gasteiger partial charge is 0.307 e. The molecular formula is C19H22FN3O2. The number of benzene rings is 2. The van der Waals surface area contributed by atoms with Crippen molar-refractivity contribution in [3.8, 4) is 0 Å². The van der Waals surface area contributed by atoms with Gasteiger partial charge in [-0.1, -0.05) is 35.9 Å². The van der Waals surface area contributed by atoms with Gasteiger partial charge in [0.1, 0.15) is 5.82 Å². The van der Waals surface area contributed by atoms with E-state index in [0.717, 1.165) is 11.1 Å². The van der Waals surface area contributed by atoms with Crippen LogP contribution < -0.4 is 10.6 Å². The zero-order valence-corrected chi connectivity index (χ0v) is 14.6. The summed E-state index contributed by atoms with van der Waals surface area (Å²) in [5.74, 6) is -0.775. The largest absolute Gasteiger partial charge is 0.325 e. The number of rotatable bonds is 5. The number of carbonyl (C=O) groups excluding carboxylic acids is 2. The number of amides is 3. The third kappa shape index (κ3) is 5.69. The Morgan fingerprint density at radius 1 is 1.12 bits per heavy atom. The van der Waals surface area contributed by atoms with Crippen LogP contribution >= 0.6 is 0 Å². The standard InChI is InChI=1S/C19H22FN3O2/c1-13-8-9-17(14(2)10-13)21-19(25)22-18(24)12-23(3)11-15-6-4-5-7-16(15)20/h4-10H,11-12H2,1-3H3,(H2,21,22,24,25). The maximum atomic E-state index is 13.6. The van der Waals surface area contributed by atoms with Crippen LogP contribution in [0.25, 0.3) is 0 Å². The van der Waals surface area contributed by atoms with Crippen molar-refractivity contribution in [1.82, 2.24) is 10.2 Å². The molecule has 0 aliphatic carbocycles. The molecule has 2 rings (SSSR count). The summed E-state index contributed by atoms with van der Waals surface area (Å²) >= 11 is 0. The molecule has 0 heterocycles. The summed E-state index contributed by atoms with van der Waals surface area (Å²) in [4.78, 5) is 25.5. The number of anilines is 1. The van der Waals surface area contributed by atoms with E-state index in [2.05, 4.69) is 10.6 Å². The third-order valence-electron chi connectivity index (χ3n) is 3.69. The van der Waals surface area contributed by atoms with Crippen molar-refractivity contribution in [1.29, 1.82) is 0 Å². The Kier molecular flexibility index (Phi) is 6.25. The highest BCUT2D eigenvalue weighted by molar-refractivity contribution is 6.02. The predicted molar refractivity (Wildman–Crippen MR) is 95.8 cm³/mol. The minimum absolute atomic E-state index is 0.0192. The molecule has 5 nitrogen and oxygen atoms in total. The van der Waals surface area contributed by atoms with Gasteiger partial charge < -0.3 is 5.32 Å². The summed E-state index contributed by atoms with van der Waals surface area (Å²) in [7, 11) is 1.69. The van der Waals surface area contributed by atoms with Crippen molar-refractivity contribution in [3.05, 3.63) is 65.0 Å². The molecule has 6 heteroatoms. The first-order valence-electron chi connectivity index (χ1n) is 7.95. The van der Waals surface area contributed by atoms with E-state index >= 15 is 0 Å². The first-order chi connectivity index (χ1) is 11.8. The van der Waals surface area contributed by atoms with Crippen molar-refractivity contribution in [2.45, 2.75) is 20.4 Å². The van der Waals surface area contributed by atoms with Crippen LogP contribution in [0.5, 0.6) is 0 Å². The predicted octanol–water partition coefficient (Wildman–Crippen LogP) is 3.22. The Morgan fingerprint density at radius 3 is 2.52 bits per heavy atom. The molecule has 0 saturated heterocycles. The summed E-state index contributed by atoms with van der Waals surface area (Å²) in [5, 5.41) is 4.93. The summed E-state index contributed by atoms with van der Waals surface area (Å²) in [6.07, 6.45) is 0. The average Bonchev–Trinajstić information content (AvgIpc) is 2.52. The van der Waals surface area contributed by atoms with E-state index in [0.29, 0.717) is 11.3 Å². The molecule has 0 spiro atoms. The quantitative estimate of drug-likeness (QED) is 0.876. The van der Waals surface area contributed by atoms with E-state index in [1.54, 1.807) is 36.2 Å². The molecule has 0 aliphatic heterocycles. The zero-order chi connectivity index (χ0) is 18.4. The highest BCUT2D eigenvalue weighted by Gasteiger charge is 2.13. The van der Waals surface area contributed by atoms with E-state index in [9.17, 15) is 14.0 Å². The van der Waals surface area contributed by atoms with E-state index < -0.39 is 11.9 Å². The SMILES string of the molecule is Cc1ccc(NC(=O)NC(=O)CN(C)Cc2ccccc2F)c(C)c1. The molecule has 2 aromatic rings. The Balaban J connectivity index is 1.84. The van der Waals surface area contributed by atoms with Crippen LogP contribution in [0, 0.1) is 19.7 Å². The van der Waals surface area contributed by atoms with Crippen LogP contribution in [0.4, 0.5) is 14.9 Å². The monoisotopic (exact) mass is 343 g/mol. The van der Waals surface area contributed by atoms with Crippen LogP contribution in [-0.4, -0.2) is 30.4 Å². The number of carbonyl (C=O) groups is 2. The lowest BCUT2D eigenvalue weighted by atomic mass is 10.1. The number of halogens is 1. The molecule has 0 saturated carbocycles. The number of likely N-dealkylation sites (N-methyl/N-ethyl adjacent to an activating group) is 1. The second kappa shape index (κ2) is 8.39. The highest BCUT2D eigenvalue weighted by atomic mass is 19.1. The van der Waals surface area contributed by atoms with Gasteiger partial charge in [0.15, 0.2) is 0 Å². The molecule has 3 amide bonds. The zero-order valence-electron chi connectivity index (χ0n) is 14.6. The maximum absolute atomic E-state index is 13.6. The fourth-order valence-corrected chi connectivity index (χ4v) is 2.49. The van der Waals surface area contributed by atoms with Gasteiger partial charge in [0.2, 0.25) is 5.91 Å². The van der Waals surface area contributed by atoms with E-state index in [1.165, 1.54) is 6.07 Å². The minimum atomic E-state index is -0.587. The number of hydrogen-bond acceptors (Lipinski definition) is 3. The van der Waals surface area contributed by atoms with E-state index in [4.69, 9.17) is 0 Å². The molecule has 0 fully saturated rings. The number of hydrogen-bond donors (Lipinski definition) is 2. The van der Waals surface area contributed by atoms with Crippen molar-refractivity contribution < 1.29 is 14.0 Å². The molecule has 0 radical (unpaired) electrons. The molecule has 0 aliphatic rings. The average molecular weight is 343 g/mol. The van der Waals surface area contributed by atoms with Crippen molar-refractivity contribution in [2.24, 2.45) is 0 Å². The topological polar surface area (TPSA) is 61.4 Å². The van der Waals surface area contributed by atoms with Crippen LogP contribution in [0.1, 0.15) is 16.7 Å². The Morgan fingerprint density at radius 2 is 1.84 bits per heavy atom. The number of imide groups is 1. The van der Waals surface area contributed by atoms with Gasteiger partial charge in [-0.05, 0) is 38.6 Å². The van der Waals surface area contributed by atoms with Crippen molar-refractivity contribution in [2.75, 3.05) is 18.9 Å². The lowest BCUT2D eigenvalue weighted by molar-refractivity contribution is -0.120. The summed E-state index contributed by atoms with van der Waals surface area (Å²) in [6, 6.07) is 11.4. The molecule has 132 valence electrons. The van der Waals surface area contributed by atoms with E-state index in [-0.39, 0.29) is 18.9 Å². The third-order valence-corrected chi connectivity index (χ3v) is 3.69. The second-order valence-corrected chi connectivity index (χ2v) is 6.08. The molecule has 2 N–H and O–H groups in total. The fraction of sp³-hybridized carbons (Fsp3) is 0.263. The second-order valence-electron chi connectivity index (χ2n) is 6.08. The molecule has 0 bridgehead atoms. The summed E-state index contributed by atoms with van der Waals surface area (Å²) in [6.45, 7) is 4.10. The number of nitrogens with one attached hydrogen (secondary N) is 2. The molecule has 0 unspecified atom stereocenters. The Labute approximate surface area is 146 Å². The van der Waals surface area contributed by atoms with Crippen LogP contribution in [0.3, 0.4) is 0 Å². The number of nitrogens with zero attached hydrogens (tertiary/aromatic N) is 1. The molecule has 0 atom stereocenters.